The summed E-state index contributed by atoms with van der Waals surface area (Å²) in [5.41, 5.74) is 2.94. The van der Waals surface area contributed by atoms with Crippen LogP contribution in [0.2, 0.25) is 0 Å². The number of likely N-dealkylation sites (tertiary alicyclic amines) is 2. The van der Waals surface area contributed by atoms with Crippen LogP contribution in [0.5, 0.6) is 0 Å². The van der Waals surface area contributed by atoms with E-state index in [-0.39, 0.29) is 51.4 Å². The van der Waals surface area contributed by atoms with E-state index in [1.165, 1.54) is 5.56 Å². The Balaban J connectivity index is 1.10. The summed E-state index contributed by atoms with van der Waals surface area (Å²) < 4.78 is 5.93. The summed E-state index contributed by atoms with van der Waals surface area (Å²) in [5.74, 6) is 0.352. The topological polar surface area (TPSA) is 99.3 Å². The minimum absolute atomic E-state index is 0.0217. The second kappa shape index (κ2) is 11.7. The summed E-state index contributed by atoms with van der Waals surface area (Å²) in [6, 6.07) is 5.60. The van der Waals surface area contributed by atoms with Gasteiger partial charge in [0.15, 0.2) is 0 Å². The number of amides is 4. The van der Waals surface area contributed by atoms with Crippen LogP contribution >= 0.6 is 0 Å². The first-order valence-electron chi connectivity index (χ1n) is 13.3. The van der Waals surface area contributed by atoms with Crippen molar-refractivity contribution in [3.63, 3.8) is 0 Å². The molecule has 3 saturated heterocycles. The maximum absolute atomic E-state index is 13.0. The van der Waals surface area contributed by atoms with Gasteiger partial charge < -0.3 is 4.90 Å². The number of hydrogen-bond donors (Lipinski definition) is 1. The van der Waals surface area contributed by atoms with Gasteiger partial charge in [-0.05, 0) is 23.6 Å². The van der Waals surface area contributed by atoms with E-state index in [1.54, 1.807) is 4.90 Å². The molecule has 5 rings (SSSR count). The first-order valence-corrected chi connectivity index (χ1v) is 17.0. The van der Waals surface area contributed by atoms with Crippen LogP contribution in [-0.4, -0.2) is 86.8 Å². The fourth-order valence-electron chi connectivity index (χ4n) is 6.15. The Labute approximate surface area is 228 Å². The Morgan fingerprint density at radius 3 is 2.51 bits per heavy atom. The van der Waals surface area contributed by atoms with E-state index in [1.807, 2.05) is 11.0 Å². The van der Waals surface area contributed by atoms with Gasteiger partial charge in [0.25, 0.3) is 5.91 Å². The molecule has 1 aromatic rings. The van der Waals surface area contributed by atoms with E-state index in [4.69, 9.17) is 4.74 Å². The number of nitrogens with zero attached hydrogens (tertiary/aromatic N) is 3. The van der Waals surface area contributed by atoms with Crippen LogP contribution in [-0.2, 0) is 20.9 Å². The van der Waals surface area contributed by atoms with Gasteiger partial charge in [-0.25, -0.2) is 0 Å². The average molecular weight is 624 g/mol. The Bertz CT molecular complexity index is 1050. The number of imide groups is 1. The molecule has 1 N–H and O–H groups in total. The molecule has 37 heavy (non-hydrogen) atoms. The summed E-state index contributed by atoms with van der Waals surface area (Å²) in [7, 11) is 0. The van der Waals surface area contributed by atoms with Crippen LogP contribution in [0, 0.1) is 5.92 Å². The van der Waals surface area contributed by atoms with Gasteiger partial charge in [-0.2, -0.15) is 0 Å². The molecule has 10 heteroatoms. The van der Waals surface area contributed by atoms with E-state index in [9.17, 15) is 19.2 Å². The van der Waals surface area contributed by atoms with E-state index >= 15 is 0 Å². The monoisotopic (exact) mass is 623 g/mol. The first-order chi connectivity index (χ1) is 17.9. The number of nitrogens with one attached hydrogen (secondary N) is 1. The summed E-state index contributed by atoms with van der Waals surface area (Å²) in [5, 5.41) is 2.37. The van der Waals surface area contributed by atoms with Gasteiger partial charge in [-0.3, -0.25) is 19.7 Å². The van der Waals surface area contributed by atoms with Crippen molar-refractivity contribution in [2.75, 3.05) is 42.3 Å². The standard InChI is InChI=1S/C27H36IN4O5/c1-28-17-37-27(36)31-12-6-18(7-13-31)15-30-10-8-19(9-11-30)20-2-3-22-21(14-20)16-32(26(22)35)23-4-5-24(33)29-25(23)34/h2-3,14,18-19,23H,4-13,15-17H2,1H3,(H,29,33,34)/q-1. The zero-order valence-corrected chi connectivity index (χ0v) is 23.6. The van der Waals surface area contributed by atoms with E-state index in [0.717, 1.165) is 64.0 Å². The Morgan fingerprint density at radius 1 is 1.05 bits per heavy atom. The summed E-state index contributed by atoms with van der Waals surface area (Å²) >= 11 is -0.0217. The third kappa shape index (κ3) is 5.94. The Kier molecular flexibility index (Phi) is 8.33. The number of fused-ring (bicyclic) bond motifs is 1. The quantitative estimate of drug-likeness (QED) is 0.252. The van der Waals surface area contributed by atoms with Crippen molar-refractivity contribution in [2.45, 2.75) is 57.0 Å². The minimum atomic E-state index is -0.570. The molecule has 0 aromatic heterocycles. The zero-order chi connectivity index (χ0) is 25.9. The third-order valence-electron chi connectivity index (χ3n) is 8.28. The number of benzene rings is 1. The van der Waals surface area contributed by atoms with Gasteiger partial charge in [0.2, 0.25) is 11.8 Å². The number of ether oxygens (including phenoxy) is 1. The molecule has 4 aliphatic rings. The molecular weight excluding hydrogens is 587 g/mol. The Morgan fingerprint density at radius 2 is 1.81 bits per heavy atom. The summed E-state index contributed by atoms with van der Waals surface area (Å²) in [6.45, 7) is 5.24. The van der Waals surface area contributed by atoms with E-state index in [2.05, 4.69) is 27.3 Å². The van der Waals surface area contributed by atoms with Crippen molar-refractivity contribution in [1.29, 1.82) is 0 Å². The van der Waals surface area contributed by atoms with Crippen LogP contribution in [0.25, 0.3) is 0 Å². The number of rotatable bonds is 6. The van der Waals surface area contributed by atoms with Gasteiger partial charge in [0.1, 0.15) is 6.04 Å². The number of carbonyl (C=O) groups is 4. The second-order valence-corrected chi connectivity index (χ2v) is 12.8. The molecule has 1 aromatic carbocycles. The van der Waals surface area contributed by atoms with Crippen LogP contribution in [0.15, 0.2) is 18.2 Å². The van der Waals surface area contributed by atoms with Gasteiger partial charge in [0.05, 0.1) is 0 Å². The summed E-state index contributed by atoms with van der Waals surface area (Å²) in [6.07, 6.45) is 4.78. The number of halogens is 1. The molecule has 0 aliphatic carbocycles. The molecule has 202 valence electrons. The predicted molar refractivity (Wildman–Crippen MR) is 132 cm³/mol. The van der Waals surface area contributed by atoms with Gasteiger partial charge in [0, 0.05) is 18.5 Å². The normalized spacial score (nSPS) is 23.9. The number of piperidine rings is 3. The molecule has 0 spiro atoms. The molecular formula is C27H36IN4O5-. The molecule has 1 atom stereocenters. The number of carbonyl (C=O) groups excluding carboxylic acids is 4. The van der Waals surface area contributed by atoms with Crippen molar-refractivity contribution in [3.05, 3.63) is 34.9 Å². The molecule has 0 bridgehead atoms. The zero-order valence-electron chi connectivity index (χ0n) is 21.4. The van der Waals surface area contributed by atoms with Crippen molar-refractivity contribution in [3.8, 4) is 0 Å². The number of hydrogen-bond acceptors (Lipinski definition) is 6. The predicted octanol–water partition coefficient (Wildman–Crippen LogP) is -0.848. The first kappa shape index (κ1) is 26.4. The summed E-state index contributed by atoms with van der Waals surface area (Å²) in [4.78, 5) is 57.0. The average Bonchev–Trinajstić information content (AvgIpc) is 3.23. The fourth-order valence-corrected chi connectivity index (χ4v) is 6.73. The molecule has 3 fully saturated rings. The molecule has 4 aliphatic heterocycles. The van der Waals surface area contributed by atoms with Crippen LogP contribution in [0.4, 0.5) is 4.79 Å². The second-order valence-electron chi connectivity index (χ2n) is 10.6. The van der Waals surface area contributed by atoms with Crippen molar-refractivity contribution in [2.24, 2.45) is 5.92 Å². The number of alkyl halides is 2. The molecule has 4 heterocycles. The third-order valence-corrected chi connectivity index (χ3v) is 9.22. The van der Waals surface area contributed by atoms with Gasteiger partial charge in [-0.15, -0.1) is 0 Å². The van der Waals surface area contributed by atoms with E-state index < -0.39 is 6.04 Å². The maximum atomic E-state index is 13.0. The SMILES string of the molecule is C[I-]COC(=O)N1CCC(CN2CCC(c3ccc4c(c3)CN(C3CCC(=O)NC3=O)C4=O)CC2)CC1. The Hall–Kier alpha value is -2.21. The van der Waals surface area contributed by atoms with Crippen molar-refractivity contribution >= 4 is 23.8 Å². The van der Waals surface area contributed by atoms with Gasteiger partial charge >= 0.3 is 126 Å². The van der Waals surface area contributed by atoms with Crippen LogP contribution in [0.3, 0.4) is 0 Å². The van der Waals surface area contributed by atoms with Crippen molar-refractivity contribution < 1.29 is 45.1 Å². The van der Waals surface area contributed by atoms with E-state index in [0.29, 0.717) is 35.0 Å². The molecule has 0 radical (unpaired) electrons. The molecule has 4 amide bonds. The molecule has 9 nitrogen and oxygen atoms in total. The molecule has 1 unspecified atom stereocenters. The fraction of sp³-hybridized carbons (Fsp3) is 0.630. The van der Waals surface area contributed by atoms with Crippen LogP contribution < -0.4 is 26.5 Å². The van der Waals surface area contributed by atoms with Crippen molar-refractivity contribution in [1.82, 2.24) is 20.0 Å². The molecule has 0 saturated carbocycles. The van der Waals surface area contributed by atoms with Crippen LogP contribution in [0.1, 0.15) is 65.9 Å². The van der Waals surface area contributed by atoms with Gasteiger partial charge in [-0.1, -0.05) is 12.1 Å².